The molecular weight excluding hydrogens is 1780 g/mol. The summed E-state index contributed by atoms with van der Waals surface area (Å²) in [5.74, 6) is 3.10. The molecule has 3 fully saturated rings. The van der Waals surface area contributed by atoms with E-state index in [1.807, 2.05) is 65.0 Å². The lowest BCUT2D eigenvalue weighted by atomic mass is 9.95. The summed E-state index contributed by atoms with van der Waals surface area (Å²) in [6.07, 6.45) is 35.8. The fourth-order valence-corrected chi connectivity index (χ4v) is 14.9. The van der Waals surface area contributed by atoms with Gasteiger partial charge in [-0.1, -0.05) is 342 Å². The number of aryl methyl sites for hydroxylation is 11. The predicted octanol–water partition coefficient (Wildman–Crippen LogP) is 29.0. The fourth-order valence-electron chi connectivity index (χ4n) is 14.9. The van der Waals surface area contributed by atoms with Gasteiger partial charge in [-0.25, -0.2) is 14.4 Å². The average molecular weight is 1960 g/mol. The number of hydrogen-bond donors (Lipinski definition) is 1. The van der Waals surface area contributed by atoms with Crippen molar-refractivity contribution < 1.29 is 62.5 Å². The first kappa shape index (κ1) is 126. The van der Waals surface area contributed by atoms with E-state index >= 15 is 0 Å². The minimum absolute atomic E-state index is 0.0190. The number of hydrogen-bond acceptors (Lipinski definition) is 13. The summed E-state index contributed by atoms with van der Waals surface area (Å²) >= 11 is 0. The second-order valence-corrected chi connectivity index (χ2v) is 42.4. The molecule has 143 heavy (non-hydrogen) atoms. The van der Waals surface area contributed by atoms with Crippen molar-refractivity contribution in [3.8, 4) is 0 Å². The molecule has 3 saturated heterocycles. The minimum Gasteiger partial charge on any atom is -0.334 e. The van der Waals surface area contributed by atoms with Crippen molar-refractivity contribution in [2.75, 3.05) is 6.54 Å². The molecule has 4 heterocycles. The Balaban J connectivity index is 0.000000418. The van der Waals surface area contributed by atoms with Crippen LogP contribution in [0.25, 0.3) is 0 Å². The van der Waals surface area contributed by atoms with E-state index in [2.05, 4.69) is 277 Å². The van der Waals surface area contributed by atoms with Gasteiger partial charge in [-0.05, 0) is 281 Å². The van der Waals surface area contributed by atoms with Crippen LogP contribution in [0.3, 0.4) is 0 Å². The lowest BCUT2D eigenvalue weighted by Gasteiger charge is -2.18. The summed E-state index contributed by atoms with van der Waals surface area (Å²) in [5, 5.41) is 5.63. The Bertz CT molecular complexity index is 4730. The molecule has 1 N–H and O–H groups in total. The Kier molecular flexibility index (Phi) is 62.2. The number of carbonyl (C=O) groups is 10. The summed E-state index contributed by atoms with van der Waals surface area (Å²) in [7, 11) is 0. The Labute approximate surface area is 863 Å². The third-order valence-electron chi connectivity index (χ3n) is 24.7. The van der Waals surface area contributed by atoms with Crippen molar-refractivity contribution in [3.05, 3.63) is 285 Å². The molecule has 6 amide bonds. The van der Waals surface area contributed by atoms with Gasteiger partial charge < -0.3 is 24.7 Å². The quantitative estimate of drug-likeness (QED) is 0.0353. The van der Waals surface area contributed by atoms with Crippen molar-refractivity contribution in [2.24, 2.45) is 59.2 Å². The van der Waals surface area contributed by atoms with Gasteiger partial charge in [-0.2, -0.15) is 0 Å². The van der Waals surface area contributed by atoms with Crippen LogP contribution in [0.2, 0.25) is 0 Å². The van der Waals surface area contributed by atoms with Crippen LogP contribution in [0.4, 0.5) is 0 Å². The normalized spacial score (nSPS) is 14.2. The number of imide groups is 1. The molecule has 786 valence electrons. The first-order chi connectivity index (χ1) is 67.8. The van der Waals surface area contributed by atoms with Crippen molar-refractivity contribution in [2.45, 2.75) is 372 Å². The van der Waals surface area contributed by atoms with E-state index in [0.717, 1.165) is 121 Å². The van der Waals surface area contributed by atoms with Crippen LogP contribution in [-0.2, 0) is 133 Å². The molecule has 6 aromatic rings. The summed E-state index contributed by atoms with van der Waals surface area (Å²) in [4.78, 5) is 131. The molecule has 0 spiro atoms. The molecule has 6 aromatic carbocycles. The lowest BCUT2D eigenvalue weighted by molar-refractivity contribution is -0.198. The molecule has 4 aliphatic heterocycles. The van der Waals surface area contributed by atoms with E-state index in [1.54, 1.807) is 17.9 Å². The van der Waals surface area contributed by atoms with Gasteiger partial charge in [0.25, 0.3) is 29.5 Å². The maximum absolute atomic E-state index is 12.0. The van der Waals surface area contributed by atoms with E-state index in [0.29, 0.717) is 98.2 Å². The van der Waals surface area contributed by atoms with Crippen LogP contribution in [0.5, 0.6) is 0 Å². The van der Waals surface area contributed by atoms with Crippen LogP contribution in [-0.4, -0.2) is 85.8 Å². The van der Waals surface area contributed by atoms with E-state index in [1.165, 1.54) is 137 Å². The highest BCUT2D eigenvalue weighted by molar-refractivity contribution is 6.03. The maximum Gasteiger partial charge on any atom is 0.337 e. The SMILES string of the molecule is C=C1C=CC(=O)N1CCCC(=O)NC1=CC=C(CCC(C)C)CC1.C=C1CCC(=O)N1OC(=O)CC(C)C.C=C1CCC(=O)N1OC(=O)Cc1ccc(CCC(C)C)cc1.CC(C)CC(=O)ON1C(=O)CC(C)C1=O.CCC(=O)CCc1ccc(CCC(C)C)cc1.CCc1ccc(CCC(C)C)cc1.CCc1ccc(CCC(C)C)cc1.CCc1ccc(CCC(C)C)cc1.Cc1ccc(CCC(C)C)cc1. The van der Waals surface area contributed by atoms with Gasteiger partial charge in [0.05, 0.1) is 30.7 Å². The highest BCUT2D eigenvalue weighted by Crippen LogP contribution is 2.28. The Morgan fingerprint density at radius 3 is 0.986 bits per heavy atom. The summed E-state index contributed by atoms with van der Waals surface area (Å²) in [6.45, 7) is 63.2. The molecule has 0 bridgehead atoms. The van der Waals surface area contributed by atoms with Crippen LogP contribution in [0.1, 0.15) is 361 Å². The molecule has 18 heteroatoms. The average Bonchev–Trinajstić information content (AvgIpc) is 1.69. The zero-order valence-corrected chi connectivity index (χ0v) is 92.5. The molecule has 5 aliphatic rings. The fraction of sp³-hybridized carbons (Fsp3) is 0.536. The van der Waals surface area contributed by atoms with Crippen LogP contribution in [0.15, 0.2) is 218 Å². The van der Waals surface area contributed by atoms with Crippen molar-refractivity contribution in [1.29, 1.82) is 0 Å². The first-order valence-corrected chi connectivity index (χ1v) is 53.6. The molecule has 18 nitrogen and oxygen atoms in total. The summed E-state index contributed by atoms with van der Waals surface area (Å²) in [6, 6.07) is 52.6. The number of carbonyl (C=O) groups excluding carboxylic acids is 10. The van der Waals surface area contributed by atoms with Gasteiger partial charge in [0.1, 0.15) is 5.78 Å². The van der Waals surface area contributed by atoms with E-state index in [4.69, 9.17) is 14.5 Å². The second-order valence-electron chi connectivity index (χ2n) is 42.4. The van der Waals surface area contributed by atoms with Crippen molar-refractivity contribution >= 4 is 59.1 Å². The van der Waals surface area contributed by atoms with Crippen LogP contribution < -0.4 is 5.32 Å². The Morgan fingerprint density at radius 2 is 0.692 bits per heavy atom. The van der Waals surface area contributed by atoms with E-state index in [9.17, 15) is 47.9 Å². The number of ketones is 1. The van der Waals surface area contributed by atoms with E-state index in [-0.39, 0.29) is 66.6 Å². The van der Waals surface area contributed by atoms with Crippen LogP contribution in [0, 0.1) is 66.1 Å². The second kappa shape index (κ2) is 70.6. The zero-order chi connectivity index (χ0) is 107. The number of benzene rings is 6. The number of hydroxylamine groups is 6. The zero-order valence-electron chi connectivity index (χ0n) is 92.5. The van der Waals surface area contributed by atoms with Crippen molar-refractivity contribution in [1.82, 2.24) is 25.4 Å². The number of allylic oxidation sites excluding steroid dienone is 7. The molecule has 0 saturated carbocycles. The topological polar surface area (TPSA) is 223 Å². The van der Waals surface area contributed by atoms with Gasteiger partial charge in [-0.15, -0.1) is 15.2 Å². The number of nitrogens with zero attached hydrogens (tertiary/aromatic N) is 4. The molecule has 1 atom stereocenters. The largest absolute Gasteiger partial charge is 0.337 e. The Hall–Kier alpha value is -11.1. The van der Waals surface area contributed by atoms with Gasteiger partial charge >= 0.3 is 17.9 Å². The predicted molar refractivity (Wildman–Crippen MR) is 588 cm³/mol. The number of rotatable bonds is 42. The minimum atomic E-state index is -0.541. The molecule has 1 unspecified atom stereocenters. The number of Topliss-reactive ketones (excluding diaryl/α,β-unsaturated/α-hetero) is 1. The highest BCUT2D eigenvalue weighted by atomic mass is 16.7. The van der Waals surface area contributed by atoms with E-state index < -0.39 is 23.8 Å². The van der Waals surface area contributed by atoms with Gasteiger partial charge in [0.2, 0.25) is 5.91 Å². The monoisotopic (exact) mass is 1960 g/mol. The summed E-state index contributed by atoms with van der Waals surface area (Å²) in [5.41, 5.74) is 20.7. The molecule has 0 radical (unpaired) electrons. The molecule has 0 aromatic heterocycles. The van der Waals surface area contributed by atoms with Gasteiger partial charge in [0.15, 0.2) is 0 Å². The third kappa shape index (κ3) is 56.6. The molecule has 1 aliphatic carbocycles. The summed E-state index contributed by atoms with van der Waals surface area (Å²) < 4.78 is 0. The highest BCUT2D eigenvalue weighted by Gasteiger charge is 2.39. The number of amides is 6. The standard InChI is InChI=1S/C20H28N2O2.C18H23NO3.C16H24O.3C13H20.C12H18.C10H15NO4.C10H15NO3/c1-15(2)6-8-17-9-11-18(12-10-17)21-19(23)5-4-14-22-16(3)7-13-20(22)24;1-13(2)4-6-15-7-9-16(10-8-15)12-18(21)22-19-14(3)5-11-17(19)20;1-4-16(17)12-11-15-9-7-14(8-10-15)6-5-13(2)3;3*1-4-12-7-9-13(10-8-12)6-5-11(2)3;1-10(2)4-7-12-8-5-11(3)6-9-12;1-6(2)4-9(13)15-11-8(12)5-7(3)10(11)14;1-7(2)6-10(13)14-11-8(3)4-5-9(11)12/h7,9,11,13,15H,3-6,8,10,12,14H2,1-2H3,(H,21,23);7-10,13H,3-6,11-12H2,1-2H3;7-10,13H,4-6,11-12H2,1-3H3;3*7-11H,4-6H2,1-3H3;5-6,8-10H,4,7H2,1-3H3;6-7H,4-5H2,1-3H3;7H,3-6H2,1-2H3. The van der Waals surface area contributed by atoms with Crippen molar-refractivity contribution in [3.63, 3.8) is 0 Å². The first-order valence-electron chi connectivity index (χ1n) is 53.6. The molecule has 11 rings (SSSR count). The van der Waals surface area contributed by atoms with Gasteiger partial charge in [-0.3, -0.25) is 33.6 Å². The number of nitrogens with one attached hydrogen (secondary N) is 1. The Morgan fingerprint density at radius 1 is 0.364 bits per heavy atom. The smallest absolute Gasteiger partial charge is 0.334 e. The van der Waals surface area contributed by atoms with Crippen LogP contribution >= 0.6 is 0 Å². The maximum atomic E-state index is 12.0. The van der Waals surface area contributed by atoms with Gasteiger partial charge in [0, 0.05) is 68.5 Å². The lowest BCUT2D eigenvalue weighted by Crippen LogP contribution is -2.33. The molecular formula is C125H183N5O13. The third-order valence-corrected chi connectivity index (χ3v) is 24.7.